The summed E-state index contributed by atoms with van der Waals surface area (Å²) in [6.07, 6.45) is 2.14. The number of nitrogens with zero attached hydrogens (tertiary/aromatic N) is 2. The average Bonchev–Trinajstić information content (AvgIpc) is 2.68. The third kappa shape index (κ3) is 4.51. The first-order valence-electron chi connectivity index (χ1n) is 9.95. The van der Waals surface area contributed by atoms with E-state index in [1.165, 1.54) is 13.1 Å². The number of halogens is 1. The largest absolute Gasteiger partial charge is 1.00 e. The number of hydrogen-bond donors (Lipinski definition) is 0. The van der Waals surface area contributed by atoms with Crippen LogP contribution >= 0.6 is 0 Å². The maximum absolute atomic E-state index is 13.2. The molecule has 0 aliphatic carbocycles. The van der Waals surface area contributed by atoms with Gasteiger partial charge in [0.25, 0.3) is 0 Å². The number of piperidine rings is 3. The van der Waals surface area contributed by atoms with Crippen LogP contribution in [0.3, 0.4) is 0 Å². The average molecular weight is 492 g/mol. The number of hydrogen-bond acceptors (Lipinski definition) is 2. The molecular formula is C23H29IN2O2. The molecule has 5 heteroatoms. The molecule has 5 rings (SSSR count). The van der Waals surface area contributed by atoms with Gasteiger partial charge < -0.3 is 33.2 Å². The number of fused-ring (bicyclic) bond motifs is 3. The summed E-state index contributed by atoms with van der Waals surface area (Å²) in [4.78, 5) is 15.0. The van der Waals surface area contributed by atoms with Crippen molar-refractivity contribution >= 4 is 11.8 Å². The van der Waals surface area contributed by atoms with Gasteiger partial charge >= 0.3 is 6.09 Å². The van der Waals surface area contributed by atoms with E-state index in [0.717, 1.165) is 40.7 Å². The van der Waals surface area contributed by atoms with Gasteiger partial charge in [-0.05, 0) is 24.1 Å². The van der Waals surface area contributed by atoms with E-state index in [9.17, 15) is 4.79 Å². The van der Waals surface area contributed by atoms with Gasteiger partial charge in [0.05, 0.1) is 32.4 Å². The zero-order chi connectivity index (χ0) is 18.9. The van der Waals surface area contributed by atoms with Gasteiger partial charge in [0, 0.05) is 18.8 Å². The number of quaternary nitrogens is 1. The fourth-order valence-corrected chi connectivity index (χ4v) is 4.56. The summed E-state index contributed by atoms with van der Waals surface area (Å²) in [7, 11) is 2.29. The standard InChI is InChI=1S/C23H29N2O2.HI/c1-18-8-6-7-11-21(18)24(16-19-9-4-3-5-10-19)23(26)27-22-17-25(2)14-12-20(22)13-15-25;/h3-11,20,22H,12-17H2,1-2H3;1H/q+1;/p-1. The summed E-state index contributed by atoms with van der Waals surface area (Å²) in [5.41, 5.74) is 3.11. The number of ether oxygens (including phenoxy) is 1. The van der Waals surface area contributed by atoms with Crippen molar-refractivity contribution in [1.29, 1.82) is 0 Å². The SMILES string of the molecule is Cc1ccccc1N(Cc1ccccc1)C(=O)OC1C[N+]2(C)CCC1CC2.[I-]. The Balaban J connectivity index is 0.00000225. The molecule has 3 saturated heterocycles. The van der Waals surface area contributed by atoms with Crippen molar-refractivity contribution in [3.63, 3.8) is 0 Å². The molecule has 1 atom stereocenters. The van der Waals surface area contributed by atoms with Crippen molar-refractivity contribution in [3.05, 3.63) is 65.7 Å². The van der Waals surface area contributed by atoms with E-state index in [1.54, 1.807) is 4.90 Å². The first-order valence-corrected chi connectivity index (χ1v) is 9.95. The van der Waals surface area contributed by atoms with Crippen molar-refractivity contribution in [1.82, 2.24) is 0 Å². The molecule has 0 aromatic heterocycles. The van der Waals surface area contributed by atoms with Crippen molar-refractivity contribution in [2.45, 2.75) is 32.4 Å². The van der Waals surface area contributed by atoms with Crippen LogP contribution in [-0.4, -0.2) is 43.4 Å². The molecular weight excluding hydrogens is 463 g/mol. The number of likely N-dealkylation sites (N-methyl/N-ethyl adjacent to an activating group) is 1. The lowest BCUT2D eigenvalue weighted by Crippen LogP contribution is -3.00. The summed E-state index contributed by atoms with van der Waals surface area (Å²) in [5.74, 6) is 0.518. The van der Waals surface area contributed by atoms with Gasteiger partial charge in [0.15, 0.2) is 6.10 Å². The van der Waals surface area contributed by atoms with Crippen LogP contribution in [-0.2, 0) is 11.3 Å². The Morgan fingerprint density at radius 3 is 2.36 bits per heavy atom. The molecule has 28 heavy (non-hydrogen) atoms. The van der Waals surface area contributed by atoms with Crippen LogP contribution in [0.5, 0.6) is 0 Å². The minimum atomic E-state index is -0.224. The molecule has 1 unspecified atom stereocenters. The fourth-order valence-electron chi connectivity index (χ4n) is 4.56. The summed E-state index contributed by atoms with van der Waals surface area (Å²) in [6.45, 7) is 5.94. The van der Waals surface area contributed by atoms with E-state index in [4.69, 9.17) is 4.74 Å². The van der Waals surface area contributed by atoms with Gasteiger partial charge in [-0.25, -0.2) is 4.79 Å². The monoisotopic (exact) mass is 492 g/mol. The van der Waals surface area contributed by atoms with Gasteiger partial charge in [-0.3, -0.25) is 4.90 Å². The van der Waals surface area contributed by atoms with E-state index in [2.05, 4.69) is 19.2 Å². The molecule has 1 amide bonds. The molecule has 2 aromatic rings. The second kappa shape index (κ2) is 8.82. The Labute approximate surface area is 185 Å². The fraction of sp³-hybridized carbons (Fsp3) is 0.435. The van der Waals surface area contributed by atoms with Crippen molar-refractivity contribution in [3.8, 4) is 0 Å². The van der Waals surface area contributed by atoms with E-state index in [1.807, 2.05) is 49.4 Å². The van der Waals surface area contributed by atoms with E-state index in [0.29, 0.717) is 12.5 Å². The quantitative estimate of drug-likeness (QED) is 0.477. The Morgan fingerprint density at radius 1 is 1.07 bits per heavy atom. The lowest BCUT2D eigenvalue weighted by atomic mass is 9.84. The zero-order valence-electron chi connectivity index (χ0n) is 16.7. The normalized spacial score (nSPS) is 25.6. The second-order valence-corrected chi connectivity index (χ2v) is 8.37. The number of aryl methyl sites for hydroxylation is 1. The number of benzene rings is 2. The van der Waals surface area contributed by atoms with Crippen molar-refractivity contribution in [2.75, 3.05) is 31.6 Å². The molecule has 3 aliphatic rings. The van der Waals surface area contributed by atoms with Gasteiger partial charge in [0.2, 0.25) is 0 Å². The highest BCUT2D eigenvalue weighted by molar-refractivity contribution is 5.88. The topological polar surface area (TPSA) is 29.5 Å². The first-order chi connectivity index (χ1) is 13.0. The molecule has 2 aromatic carbocycles. The lowest BCUT2D eigenvalue weighted by Gasteiger charge is -2.49. The second-order valence-electron chi connectivity index (χ2n) is 8.37. The molecule has 0 radical (unpaired) electrons. The third-order valence-electron chi connectivity index (χ3n) is 6.29. The van der Waals surface area contributed by atoms with E-state index in [-0.39, 0.29) is 36.2 Å². The summed E-state index contributed by atoms with van der Waals surface area (Å²) in [6, 6.07) is 18.2. The highest BCUT2D eigenvalue weighted by Gasteiger charge is 2.45. The molecule has 0 spiro atoms. The summed E-state index contributed by atoms with van der Waals surface area (Å²) >= 11 is 0. The predicted octanol–water partition coefficient (Wildman–Crippen LogP) is 1.38. The summed E-state index contributed by atoms with van der Waals surface area (Å²) in [5, 5.41) is 0. The highest BCUT2D eigenvalue weighted by Crippen LogP contribution is 2.35. The van der Waals surface area contributed by atoms with Crippen LogP contribution < -0.4 is 28.9 Å². The van der Waals surface area contributed by atoms with Crippen LogP contribution in [0.25, 0.3) is 0 Å². The summed E-state index contributed by atoms with van der Waals surface area (Å²) < 4.78 is 7.14. The molecule has 3 heterocycles. The minimum absolute atomic E-state index is 0. The first kappa shape index (κ1) is 21.1. The zero-order valence-corrected chi connectivity index (χ0v) is 18.8. The van der Waals surface area contributed by atoms with Crippen LogP contribution in [0.1, 0.15) is 24.0 Å². The Hall–Kier alpha value is -1.60. The third-order valence-corrected chi connectivity index (χ3v) is 6.29. The molecule has 0 N–H and O–H groups in total. The van der Waals surface area contributed by atoms with Crippen molar-refractivity contribution in [2.24, 2.45) is 5.92 Å². The van der Waals surface area contributed by atoms with Crippen LogP contribution in [0.15, 0.2) is 54.6 Å². The highest BCUT2D eigenvalue weighted by atomic mass is 127. The van der Waals surface area contributed by atoms with Gasteiger partial charge in [0.1, 0.15) is 6.54 Å². The minimum Gasteiger partial charge on any atom is -1.00 e. The maximum atomic E-state index is 13.2. The molecule has 3 fully saturated rings. The number of amides is 1. The lowest BCUT2D eigenvalue weighted by molar-refractivity contribution is -0.928. The number of rotatable bonds is 4. The molecule has 4 nitrogen and oxygen atoms in total. The van der Waals surface area contributed by atoms with Crippen LogP contribution in [0, 0.1) is 12.8 Å². The predicted molar refractivity (Wildman–Crippen MR) is 108 cm³/mol. The molecule has 150 valence electrons. The molecule has 3 aliphatic heterocycles. The van der Waals surface area contributed by atoms with Gasteiger partial charge in [-0.2, -0.15) is 0 Å². The Bertz CT molecular complexity index is 803. The van der Waals surface area contributed by atoms with E-state index < -0.39 is 0 Å². The van der Waals surface area contributed by atoms with Gasteiger partial charge in [-0.15, -0.1) is 0 Å². The van der Waals surface area contributed by atoms with Gasteiger partial charge in [-0.1, -0.05) is 48.5 Å². The Kier molecular flexibility index (Phi) is 6.65. The van der Waals surface area contributed by atoms with Crippen LogP contribution in [0.2, 0.25) is 0 Å². The number of carbonyl (C=O) groups is 1. The number of carbonyl (C=O) groups excluding carboxylic acids is 1. The van der Waals surface area contributed by atoms with Crippen molar-refractivity contribution < 1.29 is 38.0 Å². The number of anilines is 1. The molecule has 0 saturated carbocycles. The Morgan fingerprint density at radius 2 is 1.71 bits per heavy atom. The van der Waals surface area contributed by atoms with Crippen LogP contribution in [0.4, 0.5) is 10.5 Å². The maximum Gasteiger partial charge on any atom is 0.415 e. The number of para-hydroxylation sites is 1. The molecule has 2 bridgehead atoms. The smallest absolute Gasteiger partial charge is 0.415 e. The van der Waals surface area contributed by atoms with E-state index >= 15 is 0 Å².